The van der Waals surface area contributed by atoms with E-state index in [2.05, 4.69) is 4.98 Å². The van der Waals surface area contributed by atoms with Gasteiger partial charge in [-0.25, -0.2) is 4.98 Å². The van der Waals surface area contributed by atoms with Crippen molar-refractivity contribution in [3.05, 3.63) is 34.7 Å². The van der Waals surface area contributed by atoms with E-state index in [1.54, 1.807) is 12.1 Å². The summed E-state index contributed by atoms with van der Waals surface area (Å²) < 4.78 is 40.4. The second-order valence-corrected chi connectivity index (χ2v) is 7.23. The number of rotatable bonds is 3. The van der Waals surface area contributed by atoms with Crippen LogP contribution in [0.5, 0.6) is 0 Å². The van der Waals surface area contributed by atoms with Crippen molar-refractivity contribution in [2.24, 2.45) is 17.6 Å². The highest BCUT2D eigenvalue weighted by Gasteiger charge is 2.53. The third kappa shape index (κ3) is 3.93. The lowest BCUT2D eigenvalue weighted by molar-refractivity contribution is -0.192. The summed E-state index contributed by atoms with van der Waals surface area (Å²) >= 11 is 5.82. The molecule has 3 heterocycles. The highest BCUT2D eigenvalue weighted by atomic mass is 35.5. The van der Waals surface area contributed by atoms with Crippen molar-refractivity contribution in [3.63, 3.8) is 0 Å². The van der Waals surface area contributed by atoms with E-state index in [-0.39, 0.29) is 5.71 Å². The molecule has 0 aromatic carbocycles. The molecular formula is C17H19ClF3N5O2. The Morgan fingerprint density at radius 3 is 2.54 bits per heavy atom. The number of aromatic nitrogens is 1. The van der Waals surface area contributed by atoms with E-state index < -0.39 is 41.4 Å². The van der Waals surface area contributed by atoms with Crippen molar-refractivity contribution in [1.29, 1.82) is 5.41 Å². The van der Waals surface area contributed by atoms with Crippen LogP contribution in [-0.2, 0) is 4.79 Å². The van der Waals surface area contributed by atoms with Gasteiger partial charge in [0.1, 0.15) is 23.7 Å². The lowest BCUT2D eigenvalue weighted by Gasteiger charge is -2.37. The van der Waals surface area contributed by atoms with E-state index in [0.29, 0.717) is 36.8 Å². The normalized spacial score (nSPS) is 24.3. The molecule has 152 valence electrons. The number of carbonyl (C=O) groups is 1. The summed E-state index contributed by atoms with van der Waals surface area (Å²) in [7, 11) is 0. The molecule has 3 rings (SSSR count). The van der Waals surface area contributed by atoms with Crippen molar-refractivity contribution in [2.45, 2.75) is 25.1 Å². The van der Waals surface area contributed by atoms with Gasteiger partial charge in [-0.1, -0.05) is 11.6 Å². The van der Waals surface area contributed by atoms with Gasteiger partial charge in [-0.05, 0) is 25.0 Å². The molecule has 1 aromatic rings. The number of nitrogens with zero attached hydrogens (tertiary/aromatic N) is 2. The molecule has 28 heavy (non-hydrogen) atoms. The van der Waals surface area contributed by atoms with Crippen LogP contribution >= 0.6 is 11.6 Å². The van der Waals surface area contributed by atoms with Gasteiger partial charge in [-0.3, -0.25) is 4.79 Å². The highest BCUT2D eigenvalue weighted by molar-refractivity contribution is 6.30. The third-order valence-electron chi connectivity index (χ3n) is 5.03. The summed E-state index contributed by atoms with van der Waals surface area (Å²) in [6.45, 7) is 0.973. The molecule has 0 radical (unpaired) electrons. The van der Waals surface area contributed by atoms with Crippen molar-refractivity contribution >= 4 is 29.0 Å². The number of aliphatic hydroxyl groups is 1. The monoisotopic (exact) mass is 417 g/mol. The average molecular weight is 418 g/mol. The molecule has 1 aromatic heterocycles. The zero-order valence-corrected chi connectivity index (χ0v) is 15.4. The summed E-state index contributed by atoms with van der Waals surface area (Å²) in [5.41, 5.74) is 4.77. The first kappa shape index (κ1) is 20.4. The van der Waals surface area contributed by atoms with E-state index in [9.17, 15) is 23.1 Å². The number of anilines is 1. The number of nitrogens with two attached hydrogens (primary N) is 1. The number of hydrogen-bond acceptors (Lipinski definition) is 6. The van der Waals surface area contributed by atoms with Gasteiger partial charge in [0.15, 0.2) is 0 Å². The molecule has 1 fully saturated rings. The standard InChI is InChI=1S/C17H19ClF3N5O2/c18-9-1-2-10(24-7-9)26-5-3-8(4-6-26)13(22)11-12(17(19,20)21)14(27)16(28)25-15(11)23/h1-2,7-8,12,14,22,27H,3-6,23H2,(H,25,28)/t12-,14-/m1/s1. The zero-order valence-electron chi connectivity index (χ0n) is 14.6. The Kier molecular flexibility index (Phi) is 5.53. The molecule has 0 spiro atoms. The third-order valence-corrected chi connectivity index (χ3v) is 5.25. The lowest BCUT2D eigenvalue weighted by atomic mass is 9.79. The Morgan fingerprint density at radius 2 is 2.00 bits per heavy atom. The van der Waals surface area contributed by atoms with Crippen LogP contribution in [0.25, 0.3) is 0 Å². The minimum atomic E-state index is -4.91. The van der Waals surface area contributed by atoms with Gasteiger partial charge in [-0.2, -0.15) is 13.2 Å². The summed E-state index contributed by atoms with van der Waals surface area (Å²) in [6.07, 6.45) is -4.90. The Bertz CT molecular complexity index is 804. The minimum absolute atomic E-state index is 0.303. The molecule has 0 unspecified atom stereocenters. The number of nitrogens with one attached hydrogen (secondary N) is 2. The van der Waals surface area contributed by atoms with E-state index in [4.69, 9.17) is 22.7 Å². The number of halogens is 4. The quantitative estimate of drug-likeness (QED) is 0.560. The second-order valence-electron chi connectivity index (χ2n) is 6.79. The van der Waals surface area contributed by atoms with Crippen molar-refractivity contribution in [3.8, 4) is 0 Å². The Balaban J connectivity index is 1.77. The van der Waals surface area contributed by atoms with E-state index in [1.807, 2.05) is 10.2 Å². The number of aliphatic hydroxyl groups excluding tert-OH is 1. The van der Waals surface area contributed by atoms with Gasteiger partial charge in [-0.15, -0.1) is 0 Å². The van der Waals surface area contributed by atoms with E-state index >= 15 is 0 Å². The fraction of sp³-hybridized carbons (Fsp3) is 0.471. The largest absolute Gasteiger partial charge is 0.398 e. The summed E-state index contributed by atoms with van der Waals surface area (Å²) in [6, 6.07) is 3.45. The molecule has 5 N–H and O–H groups in total. The Labute approximate surface area is 163 Å². The predicted molar refractivity (Wildman–Crippen MR) is 96.8 cm³/mol. The molecule has 1 saturated heterocycles. The number of alkyl halides is 3. The molecule has 2 aliphatic rings. The van der Waals surface area contributed by atoms with Gasteiger partial charge in [0.25, 0.3) is 5.91 Å². The number of carbonyl (C=O) groups excluding carboxylic acids is 1. The van der Waals surface area contributed by atoms with Crippen molar-refractivity contribution < 1.29 is 23.1 Å². The molecule has 2 atom stereocenters. The number of pyridine rings is 1. The Hall–Kier alpha value is -2.33. The van der Waals surface area contributed by atoms with Gasteiger partial charge in [0, 0.05) is 36.5 Å². The first-order chi connectivity index (χ1) is 13.1. The summed E-state index contributed by atoms with van der Waals surface area (Å²) in [4.78, 5) is 17.7. The van der Waals surface area contributed by atoms with Crippen molar-refractivity contribution in [1.82, 2.24) is 10.3 Å². The molecular weight excluding hydrogens is 399 g/mol. The minimum Gasteiger partial charge on any atom is -0.385 e. The summed E-state index contributed by atoms with van der Waals surface area (Å²) in [5, 5.41) is 20.6. The molecule has 0 bridgehead atoms. The first-order valence-electron chi connectivity index (χ1n) is 8.60. The molecule has 7 nitrogen and oxygen atoms in total. The fourth-order valence-corrected chi connectivity index (χ4v) is 3.69. The van der Waals surface area contributed by atoms with Crippen LogP contribution in [0.2, 0.25) is 5.02 Å². The molecule has 11 heteroatoms. The van der Waals surface area contributed by atoms with Crippen molar-refractivity contribution in [2.75, 3.05) is 18.0 Å². The maximum Gasteiger partial charge on any atom is 0.398 e. The number of amides is 1. The molecule has 1 amide bonds. The van der Waals surface area contributed by atoms with Gasteiger partial charge in [0.2, 0.25) is 0 Å². The topological polar surface area (TPSA) is 115 Å². The van der Waals surface area contributed by atoms with Crippen LogP contribution in [-0.4, -0.2) is 47.1 Å². The van der Waals surface area contributed by atoms with Gasteiger partial charge >= 0.3 is 6.18 Å². The van der Waals surface area contributed by atoms with Crippen LogP contribution in [0.4, 0.5) is 19.0 Å². The van der Waals surface area contributed by atoms with Crippen LogP contribution < -0.4 is 16.0 Å². The molecule has 0 aliphatic carbocycles. The first-order valence-corrected chi connectivity index (χ1v) is 8.98. The van der Waals surface area contributed by atoms with Gasteiger partial charge in [0.05, 0.1) is 5.02 Å². The highest BCUT2D eigenvalue weighted by Crippen LogP contribution is 2.39. The SMILES string of the molecule is N=C(C1=C(N)NC(=O)[C@H](O)[C@@H]1C(F)(F)F)C1CCN(c2ccc(Cl)cn2)CC1. The van der Waals surface area contributed by atoms with Crippen LogP contribution in [0.1, 0.15) is 12.8 Å². The van der Waals surface area contributed by atoms with E-state index in [1.165, 1.54) is 6.20 Å². The number of piperidine rings is 1. The lowest BCUT2D eigenvalue weighted by Crippen LogP contribution is -2.54. The molecule has 0 saturated carbocycles. The fourth-order valence-electron chi connectivity index (χ4n) is 3.58. The molecule has 2 aliphatic heterocycles. The maximum absolute atomic E-state index is 13.5. The number of hydrogen-bond donors (Lipinski definition) is 4. The Morgan fingerprint density at radius 1 is 1.36 bits per heavy atom. The van der Waals surface area contributed by atoms with Crippen LogP contribution in [0, 0.1) is 17.2 Å². The second kappa shape index (κ2) is 7.59. The van der Waals surface area contributed by atoms with Gasteiger partial charge < -0.3 is 26.5 Å². The predicted octanol–water partition coefficient (Wildman–Crippen LogP) is 1.81. The maximum atomic E-state index is 13.5. The summed E-state index contributed by atoms with van der Waals surface area (Å²) in [5.74, 6) is -4.04. The smallest absolute Gasteiger partial charge is 0.385 e. The zero-order chi connectivity index (χ0) is 20.6. The van der Waals surface area contributed by atoms with E-state index in [0.717, 1.165) is 0 Å². The van der Waals surface area contributed by atoms with Crippen LogP contribution in [0.15, 0.2) is 29.7 Å². The average Bonchev–Trinajstić information content (AvgIpc) is 2.64. The van der Waals surface area contributed by atoms with Crippen LogP contribution in [0.3, 0.4) is 0 Å².